The first kappa shape index (κ1) is 17.0. The molecule has 1 aliphatic rings. The van der Waals surface area contributed by atoms with E-state index < -0.39 is 12.1 Å². The van der Waals surface area contributed by atoms with Gasteiger partial charge in [0.15, 0.2) is 17.6 Å². The average Bonchev–Trinajstić information content (AvgIpc) is 2.67. The van der Waals surface area contributed by atoms with Gasteiger partial charge in [0.05, 0.1) is 5.56 Å². The highest BCUT2D eigenvalue weighted by Gasteiger charge is 2.22. The molecule has 0 aliphatic carbocycles. The highest BCUT2D eigenvalue weighted by molar-refractivity contribution is 6.01. The van der Waals surface area contributed by atoms with Crippen molar-refractivity contribution in [2.45, 2.75) is 26.4 Å². The minimum Gasteiger partial charge on any atom is -0.486 e. The molecule has 2 aromatic carbocycles. The molecule has 3 rings (SSSR count). The fourth-order valence-corrected chi connectivity index (χ4v) is 2.59. The molecule has 0 saturated carbocycles. The van der Waals surface area contributed by atoms with E-state index in [1.165, 1.54) is 0 Å². The van der Waals surface area contributed by atoms with Crippen molar-refractivity contribution >= 4 is 11.8 Å². The lowest BCUT2D eigenvalue weighted by Crippen LogP contribution is -2.24. The zero-order valence-corrected chi connectivity index (χ0v) is 14.3. The van der Waals surface area contributed by atoms with Gasteiger partial charge in [0.2, 0.25) is 5.78 Å². The summed E-state index contributed by atoms with van der Waals surface area (Å²) >= 11 is 0. The number of hydrogen-bond acceptors (Lipinski definition) is 5. The molecular weight excluding hydrogens is 320 g/mol. The first-order valence-corrected chi connectivity index (χ1v) is 8.32. The lowest BCUT2D eigenvalue weighted by atomic mass is 10.0. The summed E-state index contributed by atoms with van der Waals surface area (Å²) in [7, 11) is 0. The predicted octanol–water partition coefficient (Wildman–Crippen LogP) is 3.45. The van der Waals surface area contributed by atoms with Gasteiger partial charge in [-0.3, -0.25) is 4.79 Å². The van der Waals surface area contributed by atoms with E-state index in [0.717, 1.165) is 12.0 Å². The van der Waals surface area contributed by atoms with Gasteiger partial charge >= 0.3 is 5.97 Å². The Balaban J connectivity index is 1.68. The Hall–Kier alpha value is -2.82. The number of fused-ring (bicyclic) bond motifs is 1. The molecule has 0 N–H and O–H groups in total. The number of benzene rings is 2. The predicted molar refractivity (Wildman–Crippen MR) is 92.5 cm³/mol. The van der Waals surface area contributed by atoms with Gasteiger partial charge in [0.25, 0.3) is 0 Å². The largest absolute Gasteiger partial charge is 0.486 e. The van der Waals surface area contributed by atoms with Crippen molar-refractivity contribution in [3.05, 3.63) is 59.2 Å². The molecule has 0 fully saturated rings. The summed E-state index contributed by atoms with van der Waals surface area (Å²) in [6.45, 7) is 4.55. The van der Waals surface area contributed by atoms with Crippen LogP contribution in [0.2, 0.25) is 0 Å². The second-order valence-corrected chi connectivity index (χ2v) is 5.82. The van der Waals surface area contributed by atoms with Crippen LogP contribution in [-0.4, -0.2) is 31.1 Å². The van der Waals surface area contributed by atoms with Gasteiger partial charge in [-0.05, 0) is 37.1 Å². The van der Waals surface area contributed by atoms with Crippen LogP contribution in [0.3, 0.4) is 0 Å². The Labute approximate surface area is 146 Å². The third-order valence-electron chi connectivity index (χ3n) is 4.08. The molecule has 2 aromatic rings. The third-order valence-corrected chi connectivity index (χ3v) is 4.08. The maximum atomic E-state index is 12.4. The number of rotatable bonds is 5. The van der Waals surface area contributed by atoms with E-state index >= 15 is 0 Å². The number of esters is 1. The molecule has 25 heavy (non-hydrogen) atoms. The molecule has 1 heterocycles. The van der Waals surface area contributed by atoms with E-state index in [4.69, 9.17) is 14.2 Å². The molecule has 5 heteroatoms. The quantitative estimate of drug-likeness (QED) is 0.616. The molecule has 0 aromatic heterocycles. The van der Waals surface area contributed by atoms with Crippen LogP contribution >= 0.6 is 0 Å². The van der Waals surface area contributed by atoms with Gasteiger partial charge in [-0.2, -0.15) is 0 Å². The van der Waals surface area contributed by atoms with Crippen molar-refractivity contribution in [2.24, 2.45) is 0 Å². The minimum absolute atomic E-state index is 0.228. The molecule has 130 valence electrons. The van der Waals surface area contributed by atoms with Crippen LogP contribution in [0.4, 0.5) is 0 Å². The Bertz CT molecular complexity index is 779. The van der Waals surface area contributed by atoms with E-state index in [0.29, 0.717) is 35.8 Å². The Morgan fingerprint density at radius 3 is 2.32 bits per heavy atom. The summed E-state index contributed by atoms with van der Waals surface area (Å²) < 4.78 is 16.2. The number of carbonyl (C=O) groups is 2. The lowest BCUT2D eigenvalue weighted by Gasteiger charge is -2.19. The summed E-state index contributed by atoms with van der Waals surface area (Å²) in [5.74, 6) is 0.314. The summed E-state index contributed by atoms with van der Waals surface area (Å²) in [6.07, 6.45) is 0.0384. The zero-order chi connectivity index (χ0) is 17.8. The molecule has 5 nitrogen and oxygen atoms in total. The average molecular weight is 340 g/mol. The van der Waals surface area contributed by atoms with Crippen LogP contribution in [0.25, 0.3) is 0 Å². The number of ketones is 1. The molecule has 0 bridgehead atoms. The SMILES string of the molecule is CCc1ccc(C(=O)[C@H](C)OC(=O)c2ccc3c(c2)OCCO3)cc1. The van der Waals surface area contributed by atoms with Gasteiger partial charge in [0, 0.05) is 5.56 Å². The standard InChI is InChI=1S/C20H20O5/c1-3-14-4-6-15(7-5-14)19(21)13(2)25-20(22)16-8-9-17-18(12-16)24-11-10-23-17/h4-9,12-13H,3,10-11H2,1-2H3/t13-/m0/s1. The van der Waals surface area contributed by atoms with Crippen molar-refractivity contribution < 1.29 is 23.8 Å². The van der Waals surface area contributed by atoms with Crippen LogP contribution in [0, 0.1) is 0 Å². The minimum atomic E-state index is -0.867. The molecule has 0 amide bonds. The summed E-state index contributed by atoms with van der Waals surface area (Å²) in [5, 5.41) is 0. The summed E-state index contributed by atoms with van der Waals surface area (Å²) in [5.41, 5.74) is 2.00. The third kappa shape index (κ3) is 3.82. The topological polar surface area (TPSA) is 61.8 Å². The van der Waals surface area contributed by atoms with Crippen LogP contribution < -0.4 is 9.47 Å². The first-order valence-electron chi connectivity index (χ1n) is 8.32. The molecule has 0 spiro atoms. The number of Topliss-reactive ketones (excluding diaryl/α,β-unsaturated/α-hetero) is 1. The van der Waals surface area contributed by atoms with E-state index in [9.17, 15) is 9.59 Å². The van der Waals surface area contributed by atoms with Crippen LogP contribution in [0.15, 0.2) is 42.5 Å². The molecular formula is C20H20O5. The molecule has 0 radical (unpaired) electrons. The molecule has 1 atom stereocenters. The number of carbonyl (C=O) groups excluding carboxylic acids is 2. The van der Waals surface area contributed by atoms with Crippen molar-refractivity contribution in [2.75, 3.05) is 13.2 Å². The van der Waals surface area contributed by atoms with Crippen molar-refractivity contribution in [3.8, 4) is 11.5 Å². The Morgan fingerprint density at radius 2 is 1.64 bits per heavy atom. The molecule has 0 saturated heterocycles. The monoisotopic (exact) mass is 340 g/mol. The van der Waals surface area contributed by atoms with Gasteiger partial charge in [-0.15, -0.1) is 0 Å². The highest BCUT2D eigenvalue weighted by Crippen LogP contribution is 2.31. The molecule has 0 unspecified atom stereocenters. The van der Waals surface area contributed by atoms with Crippen LogP contribution in [0.1, 0.15) is 40.1 Å². The Morgan fingerprint density at radius 1 is 1.00 bits per heavy atom. The highest BCUT2D eigenvalue weighted by atomic mass is 16.6. The van der Waals surface area contributed by atoms with E-state index in [1.54, 1.807) is 37.3 Å². The number of aryl methyl sites for hydroxylation is 1. The smallest absolute Gasteiger partial charge is 0.338 e. The van der Waals surface area contributed by atoms with E-state index in [2.05, 4.69) is 6.92 Å². The number of ether oxygens (including phenoxy) is 3. The Kier molecular flexibility index (Phi) is 5.03. The van der Waals surface area contributed by atoms with Gasteiger partial charge in [0.1, 0.15) is 13.2 Å². The molecule has 1 aliphatic heterocycles. The van der Waals surface area contributed by atoms with Gasteiger partial charge < -0.3 is 14.2 Å². The van der Waals surface area contributed by atoms with Crippen LogP contribution in [-0.2, 0) is 11.2 Å². The van der Waals surface area contributed by atoms with E-state index in [1.807, 2.05) is 12.1 Å². The maximum absolute atomic E-state index is 12.4. The number of hydrogen-bond donors (Lipinski definition) is 0. The second kappa shape index (κ2) is 7.38. The summed E-state index contributed by atoms with van der Waals surface area (Å²) in [4.78, 5) is 24.7. The van der Waals surface area contributed by atoms with Crippen molar-refractivity contribution in [3.63, 3.8) is 0 Å². The van der Waals surface area contributed by atoms with Crippen molar-refractivity contribution in [1.82, 2.24) is 0 Å². The fraction of sp³-hybridized carbons (Fsp3) is 0.300. The lowest BCUT2D eigenvalue weighted by molar-refractivity contribution is 0.0318. The van der Waals surface area contributed by atoms with Gasteiger partial charge in [-0.25, -0.2) is 4.79 Å². The van der Waals surface area contributed by atoms with Crippen LogP contribution in [0.5, 0.6) is 11.5 Å². The normalized spacial score (nSPS) is 13.8. The zero-order valence-electron chi connectivity index (χ0n) is 14.3. The first-order chi connectivity index (χ1) is 12.1. The van der Waals surface area contributed by atoms with Crippen molar-refractivity contribution in [1.29, 1.82) is 0 Å². The summed E-state index contributed by atoms with van der Waals surface area (Å²) in [6, 6.07) is 12.2. The van der Waals surface area contributed by atoms with Gasteiger partial charge in [-0.1, -0.05) is 31.2 Å². The maximum Gasteiger partial charge on any atom is 0.338 e. The van der Waals surface area contributed by atoms with E-state index in [-0.39, 0.29) is 5.78 Å². The second-order valence-electron chi connectivity index (χ2n) is 5.82. The fourth-order valence-electron chi connectivity index (χ4n) is 2.59.